The van der Waals surface area contributed by atoms with Crippen molar-refractivity contribution in [2.45, 2.75) is 45.7 Å². The summed E-state index contributed by atoms with van der Waals surface area (Å²) in [5, 5.41) is 11.3. The first kappa shape index (κ1) is 26.0. The molecule has 3 aromatic rings. The van der Waals surface area contributed by atoms with Gasteiger partial charge in [-0.25, -0.2) is 0 Å². The average Bonchev–Trinajstić information content (AvgIpc) is 3.17. The van der Waals surface area contributed by atoms with Crippen LogP contribution in [0.1, 0.15) is 55.8 Å². The van der Waals surface area contributed by atoms with E-state index in [0.717, 1.165) is 24.8 Å². The summed E-state index contributed by atoms with van der Waals surface area (Å²) in [7, 11) is 0. The number of Topliss-reactive ketones (excluding diaryl/α,β-unsaturated/α-hetero) is 1. The molecule has 37 heavy (non-hydrogen) atoms. The van der Waals surface area contributed by atoms with Crippen LogP contribution in [0.3, 0.4) is 0 Å². The van der Waals surface area contributed by atoms with Gasteiger partial charge in [-0.2, -0.15) is 0 Å². The SMILES string of the molecule is CCCCOc1cccc(C2C(=C(O)c3ccc(OCCC)cc3)C(=O)C(=O)N2Cc2ccccc2)c1. The van der Waals surface area contributed by atoms with Crippen LogP contribution < -0.4 is 9.47 Å². The van der Waals surface area contributed by atoms with Gasteiger partial charge in [0.15, 0.2) is 0 Å². The van der Waals surface area contributed by atoms with Crippen molar-refractivity contribution in [3.05, 3.63) is 101 Å². The molecule has 4 rings (SSSR count). The van der Waals surface area contributed by atoms with Gasteiger partial charge in [0.2, 0.25) is 0 Å². The number of likely N-dealkylation sites (tertiary alicyclic amines) is 1. The number of aliphatic hydroxyl groups excluding tert-OH is 1. The molecule has 3 aromatic carbocycles. The Kier molecular flexibility index (Phi) is 8.62. The summed E-state index contributed by atoms with van der Waals surface area (Å²) in [6.07, 6.45) is 2.82. The van der Waals surface area contributed by atoms with E-state index in [2.05, 4.69) is 6.92 Å². The van der Waals surface area contributed by atoms with Gasteiger partial charge in [0.05, 0.1) is 24.8 Å². The largest absolute Gasteiger partial charge is 0.507 e. The second-order valence-corrected chi connectivity index (χ2v) is 9.06. The predicted octanol–water partition coefficient (Wildman–Crippen LogP) is 6.28. The quantitative estimate of drug-likeness (QED) is 0.146. The van der Waals surface area contributed by atoms with Gasteiger partial charge in [0.1, 0.15) is 17.3 Å². The summed E-state index contributed by atoms with van der Waals surface area (Å²) in [4.78, 5) is 28.2. The molecule has 0 aliphatic carbocycles. The van der Waals surface area contributed by atoms with Gasteiger partial charge >= 0.3 is 0 Å². The van der Waals surface area contributed by atoms with Crippen molar-refractivity contribution in [3.63, 3.8) is 0 Å². The molecule has 1 heterocycles. The van der Waals surface area contributed by atoms with Gasteiger partial charge in [-0.3, -0.25) is 9.59 Å². The summed E-state index contributed by atoms with van der Waals surface area (Å²) < 4.78 is 11.5. The number of rotatable bonds is 11. The zero-order valence-corrected chi connectivity index (χ0v) is 21.4. The standard InChI is InChI=1S/C31H33NO5/c1-3-5-19-37-26-13-9-12-24(20-26)28-27(29(33)23-14-16-25(17-15-23)36-18-4-2)30(34)31(35)32(28)21-22-10-7-6-8-11-22/h6-17,20,28,33H,3-5,18-19,21H2,1-2H3. The Morgan fingerprint density at radius 2 is 1.57 bits per heavy atom. The first-order valence-corrected chi connectivity index (χ1v) is 12.8. The lowest BCUT2D eigenvalue weighted by molar-refractivity contribution is -0.140. The minimum absolute atomic E-state index is 0.0638. The number of carbonyl (C=O) groups excluding carboxylic acids is 2. The van der Waals surface area contributed by atoms with Crippen LogP contribution in [0.15, 0.2) is 84.4 Å². The summed E-state index contributed by atoms with van der Waals surface area (Å²) >= 11 is 0. The molecule has 0 spiro atoms. The minimum Gasteiger partial charge on any atom is -0.507 e. The molecule has 0 aromatic heterocycles. The number of amides is 1. The monoisotopic (exact) mass is 499 g/mol. The van der Waals surface area contributed by atoms with Crippen molar-refractivity contribution < 1.29 is 24.2 Å². The fraction of sp³-hybridized carbons (Fsp3) is 0.290. The Morgan fingerprint density at radius 1 is 0.838 bits per heavy atom. The Balaban J connectivity index is 1.76. The number of carbonyl (C=O) groups is 2. The van der Waals surface area contributed by atoms with Crippen LogP contribution in [0.25, 0.3) is 5.76 Å². The van der Waals surface area contributed by atoms with E-state index >= 15 is 0 Å². The fourth-order valence-corrected chi connectivity index (χ4v) is 4.36. The van der Waals surface area contributed by atoms with Crippen molar-refractivity contribution in [3.8, 4) is 11.5 Å². The maximum Gasteiger partial charge on any atom is 0.295 e. The highest BCUT2D eigenvalue weighted by atomic mass is 16.5. The van der Waals surface area contributed by atoms with Gasteiger partial charge in [0, 0.05) is 12.1 Å². The summed E-state index contributed by atoms with van der Waals surface area (Å²) in [6.45, 7) is 5.53. The highest BCUT2D eigenvalue weighted by Gasteiger charge is 2.46. The second-order valence-electron chi connectivity index (χ2n) is 9.06. The Hall–Kier alpha value is -4.06. The molecular weight excluding hydrogens is 466 g/mol. The molecule has 1 atom stereocenters. The molecule has 0 radical (unpaired) electrons. The molecule has 0 bridgehead atoms. The number of nitrogens with zero attached hydrogens (tertiary/aromatic N) is 1. The molecular formula is C31H33NO5. The molecule has 1 aliphatic rings. The fourth-order valence-electron chi connectivity index (χ4n) is 4.36. The third kappa shape index (κ3) is 6.02. The van der Waals surface area contributed by atoms with Crippen molar-refractivity contribution in [1.82, 2.24) is 4.90 Å². The molecule has 192 valence electrons. The van der Waals surface area contributed by atoms with Gasteiger partial charge in [-0.15, -0.1) is 0 Å². The van der Waals surface area contributed by atoms with Crippen molar-refractivity contribution in [2.75, 3.05) is 13.2 Å². The van der Waals surface area contributed by atoms with E-state index in [9.17, 15) is 14.7 Å². The Bertz CT molecular complexity index is 1250. The second kappa shape index (κ2) is 12.3. The number of hydrogen-bond donors (Lipinski definition) is 1. The predicted molar refractivity (Wildman–Crippen MR) is 143 cm³/mol. The van der Waals surface area contributed by atoms with Gasteiger partial charge in [-0.05, 0) is 60.4 Å². The average molecular weight is 500 g/mol. The lowest BCUT2D eigenvalue weighted by Crippen LogP contribution is -2.29. The Labute approximate surface area is 218 Å². The molecule has 6 nitrogen and oxygen atoms in total. The third-order valence-corrected chi connectivity index (χ3v) is 6.28. The number of benzene rings is 3. The van der Waals surface area contributed by atoms with E-state index in [1.165, 1.54) is 4.90 Å². The van der Waals surface area contributed by atoms with Crippen LogP contribution in [0.5, 0.6) is 11.5 Å². The first-order chi connectivity index (χ1) is 18.0. The van der Waals surface area contributed by atoms with Crippen molar-refractivity contribution in [1.29, 1.82) is 0 Å². The van der Waals surface area contributed by atoms with E-state index < -0.39 is 17.7 Å². The van der Waals surface area contributed by atoms with E-state index in [-0.39, 0.29) is 17.9 Å². The third-order valence-electron chi connectivity index (χ3n) is 6.28. The summed E-state index contributed by atoms with van der Waals surface area (Å²) in [5.74, 6) is -0.221. The maximum atomic E-state index is 13.3. The molecule has 6 heteroatoms. The molecule has 1 saturated heterocycles. The van der Waals surface area contributed by atoms with Crippen molar-refractivity contribution in [2.24, 2.45) is 0 Å². The Morgan fingerprint density at radius 3 is 2.27 bits per heavy atom. The van der Waals surface area contributed by atoms with Crippen LogP contribution in [-0.4, -0.2) is 34.9 Å². The van der Waals surface area contributed by atoms with Crippen LogP contribution in [0, 0.1) is 0 Å². The molecule has 1 unspecified atom stereocenters. The zero-order chi connectivity index (χ0) is 26.2. The number of unbranched alkanes of at least 4 members (excludes halogenated alkanes) is 1. The zero-order valence-electron chi connectivity index (χ0n) is 21.4. The maximum absolute atomic E-state index is 13.3. The topological polar surface area (TPSA) is 76.1 Å². The minimum atomic E-state index is -0.758. The highest BCUT2D eigenvalue weighted by molar-refractivity contribution is 6.46. The van der Waals surface area contributed by atoms with Gasteiger partial charge in [-0.1, -0.05) is 62.7 Å². The van der Waals surface area contributed by atoms with Crippen LogP contribution in [0.4, 0.5) is 0 Å². The van der Waals surface area contributed by atoms with Gasteiger partial charge < -0.3 is 19.5 Å². The molecule has 1 N–H and O–H groups in total. The van der Waals surface area contributed by atoms with Crippen molar-refractivity contribution >= 4 is 17.4 Å². The number of ketones is 1. The number of hydrogen-bond acceptors (Lipinski definition) is 5. The van der Waals surface area contributed by atoms with E-state index in [1.54, 1.807) is 24.3 Å². The molecule has 1 fully saturated rings. The lowest BCUT2D eigenvalue weighted by atomic mass is 9.95. The summed E-state index contributed by atoms with van der Waals surface area (Å²) in [5.41, 5.74) is 2.10. The smallest absolute Gasteiger partial charge is 0.295 e. The van der Waals surface area contributed by atoms with E-state index in [1.807, 2.05) is 61.5 Å². The lowest BCUT2D eigenvalue weighted by Gasteiger charge is -2.26. The normalized spacial score (nSPS) is 16.7. The van der Waals surface area contributed by atoms with Crippen LogP contribution in [-0.2, 0) is 16.1 Å². The number of ether oxygens (including phenoxy) is 2. The molecule has 1 amide bonds. The van der Waals surface area contributed by atoms with Crippen LogP contribution >= 0.6 is 0 Å². The van der Waals surface area contributed by atoms with Crippen LogP contribution in [0.2, 0.25) is 0 Å². The number of aliphatic hydroxyl groups is 1. The molecule has 0 saturated carbocycles. The first-order valence-electron chi connectivity index (χ1n) is 12.8. The highest BCUT2D eigenvalue weighted by Crippen LogP contribution is 2.41. The summed E-state index contributed by atoms with van der Waals surface area (Å²) in [6, 6.07) is 23.1. The van der Waals surface area contributed by atoms with E-state index in [4.69, 9.17) is 9.47 Å². The van der Waals surface area contributed by atoms with Gasteiger partial charge in [0.25, 0.3) is 11.7 Å². The molecule has 1 aliphatic heterocycles. The van der Waals surface area contributed by atoms with E-state index in [0.29, 0.717) is 35.8 Å².